The lowest BCUT2D eigenvalue weighted by atomic mass is 10.0. The van der Waals surface area contributed by atoms with Gasteiger partial charge < -0.3 is 4.42 Å². The monoisotopic (exact) mass is 215 g/mol. The van der Waals surface area contributed by atoms with Crippen molar-refractivity contribution in [2.45, 2.75) is 32.4 Å². The second kappa shape index (κ2) is 3.63. The van der Waals surface area contributed by atoms with Gasteiger partial charge in [-0.1, -0.05) is 19.1 Å². The Labute approximate surface area is 95.9 Å². The Morgan fingerprint density at radius 1 is 1.38 bits per heavy atom. The van der Waals surface area contributed by atoms with Crippen LogP contribution in [-0.4, -0.2) is 18.0 Å². The van der Waals surface area contributed by atoms with Gasteiger partial charge in [0.1, 0.15) is 5.58 Å². The van der Waals surface area contributed by atoms with Gasteiger partial charge in [0.05, 0.1) is 6.26 Å². The smallest absolute Gasteiger partial charge is 0.134 e. The number of benzene rings is 1. The molecule has 0 N–H and O–H groups in total. The number of hydrogen-bond acceptors (Lipinski definition) is 2. The lowest BCUT2D eigenvalue weighted by Crippen LogP contribution is -2.30. The lowest BCUT2D eigenvalue weighted by molar-refractivity contribution is 0.229. The van der Waals surface area contributed by atoms with Gasteiger partial charge in [-0.15, -0.1) is 0 Å². The predicted molar refractivity (Wildman–Crippen MR) is 65.5 cm³/mol. The third-order valence-corrected chi connectivity index (χ3v) is 3.73. The van der Waals surface area contributed by atoms with Crippen LogP contribution in [0.2, 0.25) is 0 Å². The molecule has 2 heteroatoms. The molecule has 1 aliphatic heterocycles. The van der Waals surface area contributed by atoms with E-state index in [1.165, 1.54) is 22.9 Å². The third kappa shape index (κ3) is 1.37. The standard InChI is InChI=1S/C14H17NO/c1-3-12-7-10-5-4-6-13-14(10)11(9-16-13)8-15(12)2/h4-6,9,12H,3,7-8H2,1-2H3. The molecule has 16 heavy (non-hydrogen) atoms. The van der Waals surface area contributed by atoms with E-state index in [1.54, 1.807) is 0 Å². The van der Waals surface area contributed by atoms with Gasteiger partial charge in [-0.05, 0) is 31.5 Å². The number of nitrogens with zero attached hydrogens (tertiary/aromatic N) is 1. The van der Waals surface area contributed by atoms with Gasteiger partial charge >= 0.3 is 0 Å². The quantitative estimate of drug-likeness (QED) is 0.726. The van der Waals surface area contributed by atoms with Gasteiger partial charge in [0.2, 0.25) is 0 Å². The molecule has 0 bridgehead atoms. The van der Waals surface area contributed by atoms with Crippen LogP contribution < -0.4 is 0 Å². The molecule has 2 nitrogen and oxygen atoms in total. The molecule has 1 aromatic carbocycles. The third-order valence-electron chi connectivity index (χ3n) is 3.73. The molecule has 84 valence electrons. The van der Waals surface area contributed by atoms with Crippen LogP contribution in [0.5, 0.6) is 0 Å². The van der Waals surface area contributed by atoms with Crippen molar-refractivity contribution in [2.24, 2.45) is 0 Å². The molecule has 2 aromatic rings. The van der Waals surface area contributed by atoms with Gasteiger partial charge in [0.15, 0.2) is 0 Å². The summed E-state index contributed by atoms with van der Waals surface area (Å²) < 4.78 is 5.61. The summed E-state index contributed by atoms with van der Waals surface area (Å²) in [5.41, 5.74) is 3.82. The molecule has 1 aromatic heterocycles. The van der Waals surface area contributed by atoms with Crippen LogP contribution in [0.25, 0.3) is 11.0 Å². The predicted octanol–water partition coefficient (Wildman–Crippen LogP) is 3.20. The zero-order valence-corrected chi connectivity index (χ0v) is 9.86. The van der Waals surface area contributed by atoms with E-state index in [4.69, 9.17) is 4.42 Å². The number of furan rings is 1. The SMILES string of the molecule is CCC1Cc2cccc3occ(c23)CN1C. The van der Waals surface area contributed by atoms with Gasteiger partial charge in [-0.2, -0.15) is 0 Å². The summed E-state index contributed by atoms with van der Waals surface area (Å²) >= 11 is 0. The van der Waals surface area contributed by atoms with Crippen molar-refractivity contribution in [1.29, 1.82) is 0 Å². The Balaban J connectivity index is 2.19. The normalized spacial score (nSPS) is 21.2. The minimum Gasteiger partial charge on any atom is -0.464 e. The number of hydrogen-bond donors (Lipinski definition) is 0. The van der Waals surface area contributed by atoms with Crippen LogP contribution in [0.15, 0.2) is 28.9 Å². The summed E-state index contributed by atoms with van der Waals surface area (Å²) in [5.74, 6) is 0. The second-order valence-corrected chi connectivity index (χ2v) is 4.73. The first-order valence-corrected chi connectivity index (χ1v) is 5.97. The number of rotatable bonds is 1. The molecule has 0 aliphatic carbocycles. The largest absolute Gasteiger partial charge is 0.464 e. The molecular formula is C14H17NO. The Morgan fingerprint density at radius 3 is 3.06 bits per heavy atom. The molecule has 2 heterocycles. The highest BCUT2D eigenvalue weighted by Gasteiger charge is 2.22. The van der Waals surface area contributed by atoms with Crippen molar-refractivity contribution in [3.05, 3.63) is 35.6 Å². The van der Waals surface area contributed by atoms with Crippen molar-refractivity contribution in [3.8, 4) is 0 Å². The molecule has 0 saturated heterocycles. The average Bonchev–Trinajstić information content (AvgIpc) is 2.63. The van der Waals surface area contributed by atoms with E-state index in [2.05, 4.69) is 37.1 Å². The number of likely N-dealkylation sites (N-methyl/N-ethyl adjacent to an activating group) is 1. The Bertz CT molecular complexity index is 514. The molecular weight excluding hydrogens is 198 g/mol. The summed E-state index contributed by atoms with van der Waals surface area (Å²) in [7, 11) is 2.21. The maximum atomic E-state index is 5.61. The van der Waals surface area contributed by atoms with Gasteiger partial charge in [0.25, 0.3) is 0 Å². The van der Waals surface area contributed by atoms with Gasteiger partial charge in [-0.3, -0.25) is 4.90 Å². The molecule has 0 spiro atoms. The fourth-order valence-corrected chi connectivity index (χ4v) is 2.78. The maximum Gasteiger partial charge on any atom is 0.134 e. The molecule has 0 saturated carbocycles. The highest BCUT2D eigenvalue weighted by Crippen LogP contribution is 2.31. The first-order valence-electron chi connectivity index (χ1n) is 5.97. The zero-order chi connectivity index (χ0) is 11.1. The summed E-state index contributed by atoms with van der Waals surface area (Å²) in [5, 5.41) is 1.35. The van der Waals surface area contributed by atoms with Crippen molar-refractivity contribution in [1.82, 2.24) is 4.90 Å². The van der Waals surface area contributed by atoms with E-state index >= 15 is 0 Å². The van der Waals surface area contributed by atoms with Crippen molar-refractivity contribution >= 4 is 11.0 Å². The topological polar surface area (TPSA) is 16.4 Å². The van der Waals surface area contributed by atoms with Crippen LogP contribution in [0, 0.1) is 0 Å². The molecule has 0 fully saturated rings. The molecule has 1 atom stereocenters. The van der Waals surface area contributed by atoms with E-state index < -0.39 is 0 Å². The summed E-state index contributed by atoms with van der Waals surface area (Å²) in [4.78, 5) is 2.43. The van der Waals surface area contributed by atoms with Crippen LogP contribution >= 0.6 is 0 Å². The van der Waals surface area contributed by atoms with Crippen molar-refractivity contribution in [3.63, 3.8) is 0 Å². The van der Waals surface area contributed by atoms with Gasteiger partial charge in [0, 0.05) is 23.5 Å². The highest BCUT2D eigenvalue weighted by atomic mass is 16.3. The fraction of sp³-hybridized carbons (Fsp3) is 0.429. The Kier molecular flexibility index (Phi) is 2.25. The van der Waals surface area contributed by atoms with E-state index in [-0.39, 0.29) is 0 Å². The van der Waals surface area contributed by atoms with Crippen LogP contribution in [0.3, 0.4) is 0 Å². The highest BCUT2D eigenvalue weighted by molar-refractivity contribution is 5.85. The summed E-state index contributed by atoms with van der Waals surface area (Å²) in [6.07, 6.45) is 4.26. The molecule has 0 radical (unpaired) electrons. The summed E-state index contributed by atoms with van der Waals surface area (Å²) in [6, 6.07) is 7.05. The lowest BCUT2D eigenvalue weighted by Gasteiger charge is -2.24. The van der Waals surface area contributed by atoms with Crippen LogP contribution in [0.4, 0.5) is 0 Å². The molecule has 0 amide bonds. The van der Waals surface area contributed by atoms with Crippen LogP contribution in [0.1, 0.15) is 24.5 Å². The van der Waals surface area contributed by atoms with E-state index in [1.807, 2.05) is 6.26 Å². The fourth-order valence-electron chi connectivity index (χ4n) is 2.78. The average molecular weight is 215 g/mol. The molecule has 1 aliphatic rings. The summed E-state index contributed by atoms with van der Waals surface area (Å²) in [6.45, 7) is 3.27. The van der Waals surface area contributed by atoms with Crippen molar-refractivity contribution in [2.75, 3.05) is 7.05 Å². The maximum absolute atomic E-state index is 5.61. The first-order chi connectivity index (χ1) is 7.79. The minimum atomic E-state index is 0.651. The second-order valence-electron chi connectivity index (χ2n) is 4.73. The Hall–Kier alpha value is -1.28. The van der Waals surface area contributed by atoms with E-state index in [0.29, 0.717) is 6.04 Å². The first kappa shape index (κ1) is 9.91. The molecule has 3 rings (SSSR count). The van der Waals surface area contributed by atoms with Gasteiger partial charge in [-0.25, -0.2) is 0 Å². The minimum absolute atomic E-state index is 0.651. The van der Waals surface area contributed by atoms with E-state index in [0.717, 1.165) is 18.5 Å². The van der Waals surface area contributed by atoms with Crippen LogP contribution in [-0.2, 0) is 13.0 Å². The van der Waals surface area contributed by atoms with Crippen molar-refractivity contribution < 1.29 is 4.42 Å². The van der Waals surface area contributed by atoms with E-state index in [9.17, 15) is 0 Å². The Morgan fingerprint density at radius 2 is 2.25 bits per heavy atom. The zero-order valence-electron chi connectivity index (χ0n) is 9.86. The molecule has 1 unspecified atom stereocenters.